The molecule has 41 heavy (non-hydrogen) atoms. The molecule has 0 atom stereocenters. The second-order valence-electron chi connectivity index (χ2n) is 10.5. The van der Waals surface area contributed by atoms with Crippen LogP contribution in [0.15, 0.2) is 156 Å². The molecule has 8 aromatic rings. The summed E-state index contributed by atoms with van der Waals surface area (Å²) in [6.45, 7) is 0. The number of hydrogen-bond donors (Lipinski definition) is 0. The van der Waals surface area contributed by atoms with Crippen LogP contribution in [0.3, 0.4) is 0 Å². The van der Waals surface area contributed by atoms with Gasteiger partial charge in [-0.1, -0.05) is 133 Å². The second kappa shape index (κ2) is 9.32. The smallest absolute Gasteiger partial charge is 0.263 e. The highest BCUT2D eigenvalue weighted by Crippen LogP contribution is 2.43. The molecule has 192 valence electrons. The number of aromatic nitrogens is 1. The van der Waals surface area contributed by atoms with Crippen LogP contribution < -0.4 is 5.56 Å². The Bertz CT molecular complexity index is 2320. The lowest BCUT2D eigenvalue weighted by molar-refractivity contribution is 1.08. The molecule has 0 bridgehead atoms. The summed E-state index contributed by atoms with van der Waals surface area (Å²) in [4.78, 5) is 14.4. The van der Waals surface area contributed by atoms with Gasteiger partial charge in [-0.05, 0) is 56.6 Å². The molecule has 1 heterocycles. The molecule has 2 heteroatoms. The fourth-order valence-electron chi connectivity index (χ4n) is 6.37. The van der Waals surface area contributed by atoms with Gasteiger partial charge in [-0.25, -0.2) is 0 Å². The fourth-order valence-corrected chi connectivity index (χ4v) is 6.37. The Hall–Kier alpha value is -5.47. The van der Waals surface area contributed by atoms with Crippen molar-refractivity contribution in [3.8, 4) is 27.9 Å². The van der Waals surface area contributed by atoms with E-state index >= 15 is 0 Å². The molecule has 0 unspecified atom stereocenters. The first-order valence-corrected chi connectivity index (χ1v) is 13.9. The van der Waals surface area contributed by atoms with Gasteiger partial charge in [-0.2, -0.15) is 0 Å². The molecule has 0 aliphatic rings. The van der Waals surface area contributed by atoms with Crippen LogP contribution in [0.5, 0.6) is 0 Å². The molecule has 0 radical (unpaired) electrons. The molecule has 0 fully saturated rings. The standard InChI is InChI=1S/C39H25NO/c41-39-34-21-10-7-17-29(34)30-18-11-12-22-36(30)40(39)38-32-20-9-8-19-31(32)37(27-15-5-2-6-16-27)35-25-28(23-24-33(35)38)26-13-3-1-4-14-26/h1-25H. The number of benzene rings is 7. The maximum absolute atomic E-state index is 14.4. The van der Waals surface area contributed by atoms with Crippen molar-refractivity contribution in [3.63, 3.8) is 0 Å². The van der Waals surface area contributed by atoms with E-state index in [1.165, 1.54) is 5.56 Å². The van der Waals surface area contributed by atoms with E-state index in [1.54, 1.807) is 0 Å². The summed E-state index contributed by atoms with van der Waals surface area (Å²) < 4.78 is 1.94. The summed E-state index contributed by atoms with van der Waals surface area (Å²) in [5.74, 6) is 0. The maximum atomic E-state index is 14.4. The topological polar surface area (TPSA) is 22.0 Å². The molecule has 0 aliphatic heterocycles. The molecule has 8 rings (SSSR count). The first-order chi connectivity index (χ1) is 20.3. The first kappa shape index (κ1) is 23.4. The van der Waals surface area contributed by atoms with E-state index in [0.717, 1.165) is 65.6 Å². The highest BCUT2D eigenvalue weighted by Gasteiger charge is 2.20. The molecule has 1 aromatic heterocycles. The van der Waals surface area contributed by atoms with E-state index in [-0.39, 0.29) is 5.56 Å². The number of rotatable bonds is 3. The Morgan fingerprint density at radius 2 is 0.902 bits per heavy atom. The van der Waals surface area contributed by atoms with Crippen molar-refractivity contribution in [3.05, 3.63) is 162 Å². The van der Waals surface area contributed by atoms with Crippen LogP contribution in [0.2, 0.25) is 0 Å². The lowest BCUT2D eigenvalue weighted by Gasteiger charge is -2.21. The van der Waals surface area contributed by atoms with E-state index in [4.69, 9.17) is 0 Å². The number of para-hydroxylation sites is 1. The van der Waals surface area contributed by atoms with E-state index < -0.39 is 0 Å². The minimum absolute atomic E-state index is 0.00894. The largest absolute Gasteiger partial charge is 0.275 e. The highest BCUT2D eigenvalue weighted by molar-refractivity contribution is 6.20. The number of nitrogens with zero attached hydrogens (tertiary/aromatic N) is 1. The monoisotopic (exact) mass is 523 g/mol. The summed E-state index contributed by atoms with van der Waals surface area (Å²) in [6.07, 6.45) is 0. The van der Waals surface area contributed by atoms with Gasteiger partial charge in [-0.3, -0.25) is 9.36 Å². The van der Waals surface area contributed by atoms with Crippen molar-refractivity contribution in [2.24, 2.45) is 0 Å². The molecule has 0 spiro atoms. The van der Waals surface area contributed by atoms with Crippen LogP contribution in [-0.2, 0) is 0 Å². The molecular weight excluding hydrogens is 498 g/mol. The van der Waals surface area contributed by atoms with Crippen LogP contribution in [0, 0.1) is 0 Å². The maximum Gasteiger partial charge on any atom is 0.263 e. The van der Waals surface area contributed by atoms with Crippen molar-refractivity contribution in [2.75, 3.05) is 0 Å². The summed E-state index contributed by atoms with van der Waals surface area (Å²) in [5, 5.41) is 7.10. The molecule has 7 aromatic carbocycles. The molecule has 0 saturated carbocycles. The molecule has 0 N–H and O–H groups in total. The predicted molar refractivity (Wildman–Crippen MR) is 173 cm³/mol. The minimum Gasteiger partial charge on any atom is -0.275 e. The van der Waals surface area contributed by atoms with Gasteiger partial charge in [0.05, 0.1) is 11.2 Å². The lowest BCUT2D eigenvalue weighted by atomic mass is 9.88. The molecule has 0 aliphatic carbocycles. The van der Waals surface area contributed by atoms with Crippen molar-refractivity contribution >= 4 is 43.2 Å². The third-order valence-corrected chi connectivity index (χ3v) is 8.18. The van der Waals surface area contributed by atoms with E-state index in [1.807, 2.05) is 47.0 Å². The average Bonchev–Trinajstić information content (AvgIpc) is 3.05. The Balaban J connectivity index is 1.61. The van der Waals surface area contributed by atoms with E-state index in [2.05, 4.69) is 109 Å². The zero-order valence-corrected chi connectivity index (χ0v) is 22.3. The van der Waals surface area contributed by atoms with Gasteiger partial charge in [0.25, 0.3) is 5.56 Å². The van der Waals surface area contributed by atoms with Gasteiger partial charge in [0.1, 0.15) is 0 Å². The van der Waals surface area contributed by atoms with Crippen LogP contribution in [-0.4, -0.2) is 4.57 Å². The summed E-state index contributed by atoms with van der Waals surface area (Å²) in [7, 11) is 0. The van der Waals surface area contributed by atoms with Gasteiger partial charge < -0.3 is 0 Å². The van der Waals surface area contributed by atoms with E-state index in [0.29, 0.717) is 0 Å². The van der Waals surface area contributed by atoms with Gasteiger partial charge in [0.2, 0.25) is 0 Å². The third kappa shape index (κ3) is 3.62. The lowest BCUT2D eigenvalue weighted by Crippen LogP contribution is -2.20. The second-order valence-corrected chi connectivity index (χ2v) is 10.5. The first-order valence-electron chi connectivity index (χ1n) is 13.9. The normalized spacial score (nSPS) is 11.5. The van der Waals surface area contributed by atoms with Crippen molar-refractivity contribution < 1.29 is 0 Å². The van der Waals surface area contributed by atoms with Gasteiger partial charge in [0.15, 0.2) is 0 Å². The molecule has 0 saturated heterocycles. The fraction of sp³-hybridized carbons (Fsp3) is 0. The molecule has 2 nitrogen and oxygen atoms in total. The Labute approximate surface area is 237 Å². The van der Waals surface area contributed by atoms with E-state index in [9.17, 15) is 4.79 Å². The Kier molecular flexibility index (Phi) is 5.33. The SMILES string of the molecule is O=c1c2ccccc2c2ccccc2n1-c1c2ccccc2c(-c2ccccc2)c2cc(-c3ccccc3)ccc12. The Morgan fingerprint density at radius 1 is 0.366 bits per heavy atom. The van der Waals surface area contributed by atoms with Gasteiger partial charge in [0, 0.05) is 21.5 Å². The van der Waals surface area contributed by atoms with Gasteiger partial charge >= 0.3 is 0 Å². The van der Waals surface area contributed by atoms with Crippen molar-refractivity contribution in [2.45, 2.75) is 0 Å². The summed E-state index contributed by atoms with van der Waals surface area (Å²) in [5.41, 5.74) is 6.45. The number of hydrogen-bond acceptors (Lipinski definition) is 1. The van der Waals surface area contributed by atoms with Crippen molar-refractivity contribution in [1.82, 2.24) is 4.57 Å². The average molecular weight is 524 g/mol. The highest BCUT2D eigenvalue weighted by atomic mass is 16.1. The number of fused-ring (bicyclic) bond motifs is 5. The minimum atomic E-state index is -0.00894. The van der Waals surface area contributed by atoms with Crippen molar-refractivity contribution in [1.29, 1.82) is 0 Å². The Morgan fingerprint density at radius 3 is 1.63 bits per heavy atom. The molecule has 0 amide bonds. The molecular formula is C39H25NO. The van der Waals surface area contributed by atoms with Crippen LogP contribution in [0.1, 0.15) is 0 Å². The van der Waals surface area contributed by atoms with Gasteiger partial charge in [-0.15, -0.1) is 0 Å². The summed E-state index contributed by atoms with van der Waals surface area (Å²) in [6, 6.07) is 52.4. The van der Waals surface area contributed by atoms with Crippen LogP contribution in [0.25, 0.3) is 71.2 Å². The third-order valence-electron chi connectivity index (χ3n) is 8.18. The predicted octanol–water partition coefficient (Wildman–Crippen LogP) is 9.78. The van der Waals surface area contributed by atoms with Crippen LogP contribution >= 0.6 is 0 Å². The quantitative estimate of drug-likeness (QED) is 0.167. The zero-order chi connectivity index (χ0) is 27.3. The zero-order valence-electron chi connectivity index (χ0n) is 22.3. The summed E-state index contributed by atoms with van der Waals surface area (Å²) >= 11 is 0. The van der Waals surface area contributed by atoms with Crippen LogP contribution in [0.4, 0.5) is 0 Å². The number of pyridine rings is 1.